The van der Waals surface area contributed by atoms with E-state index in [0.29, 0.717) is 6.61 Å². The highest BCUT2D eigenvalue weighted by Gasteiger charge is 2.30. The minimum absolute atomic E-state index is 0.0897. The maximum Gasteiger partial charge on any atom is 0.235 e. The summed E-state index contributed by atoms with van der Waals surface area (Å²) in [6.45, 7) is 4.02. The Labute approximate surface area is 123 Å². The fraction of sp³-hybridized carbons (Fsp3) is 0.235. The van der Waals surface area contributed by atoms with Gasteiger partial charge in [0, 0.05) is 11.3 Å². The number of benzene rings is 2. The lowest BCUT2D eigenvalue weighted by molar-refractivity contribution is -0.117. The van der Waals surface area contributed by atoms with Crippen molar-refractivity contribution in [3.8, 4) is 11.5 Å². The van der Waals surface area contributed by atoms with Gasteiger partial charge in [0.15, 0.2) is 0 Å². The summed E-state index contributed by atoms with van der Waals surface area (Å²) >= 11 is 0. The third kappa shape index (κ3) is 2.44. The molecule has 2 N–H and O–H groups in total. The predicted molar refractivity (Wildman–Crippen MR) is 80.9 cm³/mol. The van der Waals surface area contributed by atoms with Crippen LogP contribution in [-0.2, 0) is 4.79 Å². The number of para-hydroxylation sites is 1. The van der Waals surface area contributed by atoms with Crippen molar-refractivity contribution in [1.29, 1.82) is 0 Å². The van der Waals surface area contributed by atoms with Gasteiger partial charge in [0.05, 0.1) is 0 Å². The summed E-state index contributed by atoms with van der Waals surface area (Å²) in [5.74, 6) is 0.624. The van der Waals surface area contributed by atoms with Crippen LogP contribution in [0.5, 0.6) is 11.5 Å². The molecule has 2 aromatic rings. The van der Waals surface area contributed by atoms with Crippen molar-refractivity contribution >= 4 is 11.6 Å². The second-order valence-corrected chi connectivity index (χ2v) is 5.34. The molecule has 0 aliphatic carbocycles. The zero-order chi connectivity index (χ0) is 15.0. The van der Waals surface area contributed by atoms with E-state index in [4.69, 9.17) is 4.74 Å². The molecule has 0 saturated heterocycles. The standard InChI is InChI=1S/C17H17NO3/c1-10-8-15(19)11(2)7-14(10)18-17(20)13-9-21-16-6-4-3-5-12(13)16/h3-8,13,19H,9H2,1-2H3,(H,18,20). The number of ether oxygens (including phenoxy) is 1. The van der Waals surface area contributed by atoms with E-state index in [-0.39, 0.29) is 17.6 Å². The lowest BCUT2D eigenvalue weighted by atomic mass is 10.00. The van der Waals surface area contributed by atoms with Gasteiger partial charge in [-0.15, -0.1) is 0 Å². The van der Waals surface area contributed by atoms with E-state index < -0.39 is 0 Å². The van der Waals surface area contributed by atoms with Crippen LogP contribution in [0.3, 0.4) is 0 Å². The zero-order valence-corrected chi connectivity index (χ0v) is 12.0. The number of fused-ring (bicyclic) bond motifs is 1. The van der Waals surface area contributed by atoms with Crippen LogP contribution in [0.1, 0.15) is 22.6 Å². The predicted octanol–water partition coefficient (Wildman–Crippen LogP) is 3.12. The van der Waals surface area contributed by atoms with Crippen LogP contribution in [-0.4, -0.2) is 17.6 Å². The number of nitrogens with one attached hydrogen (secondary N) is 1. The van der Waals surface area contributed by atoms with Crippen molar-refractivity contribution in [2.45, 2.75) is 19.8 Å². The van der Waals surface area contributed by atoms with Crippen LogP contribution in [0.2, 0.25) is 0 Å². The number of carbonyl (C=O) groups excluding carboxylic acids is 1. The zero-order valence-electron chi connectivity index (χ0n) is 12.0. The third-order valence-corrected chi connectivity index (χ3v) is 3.82. The topological polar surface area (TPSA) is 58.6 Å². The molecule has 0 radical (unpaired) electrons. The number of hydrogen-bond donors (Lipinski definition) is 2. The number of phenols is 1. The number of amides is 1. The lowest BCUT2D eigenvalue weighted by Crippen LogP contribution is -2.22. The number of phenolic OH excluding ortho intramolecular Hbond substituents is 1. The molecule has 1 unspecified atom stereocenters. The SMILES string of the molecule is Cc1cc(NC(=O)C2COc3ccccc32)c(C)cc1O. The smallest absolute Gasteiger partial charge is 0.235 e. The molecule has 3 rings (SSSR count). The van der Waals surface area contributed by atoms with Crippen LogP contribution in [0, 0.1) is 13.8 Å². The highest BCUT2D eigenvalue weighted by atomic mass is 16.5. The van der Waals surface area contributed by atoms with Gasteiger partial charge in [-0.25, -0.2) is 0 Å². The van der Waals surface area contributed by atoms with Crippen molar-refractivity contribution in [2.75, 3.05) is 11.9 Å². The molecule has 0 saturated carbocycles. The highest BCUT2D eigenvalue weighted by molar-refractivity contribution is 5.97. The van der Waals surface area contributed by atoms with Gasteiger partial charge in [0.25, 0.3) is 0 Å². The van der Waals surface area contributed by atoms with Gasteiger partial charge in [-0.1, -0.05) is 18.2 Å². The van der Waals surface area contributed by atoms with Gasteiger partial charge in [-0.2, -0.15) is 0 Å². The highest BCUT2D eigenvalue weighted by Crippen LogP contribution is 2.34. The quantitative estimate of drug-likeness (QED) is 0.832. The first-order valence-electron chi connectivity index (χ1n) is 6.89. The maximum absolute atomic E-state index is 12.5. The van der Waals surface area contributed by atoms with Gasteiger partial charge in [-0.3, -0.25) is 4.79 Å². The first-order chi connectivity index (χ1) is 10.1. The Kier molecular flexibility index (Phi) is 3.29. The molecule has 1 aliphatic heterocycles. The molecule has 1 aliphatic rings. The summed E-state index contributed by atoms with van der Waals surface area (Å²) in [5.41, 5.74) is 3.21. The largest absolute Gasteiger partial charge is 0.508 e. The molecular weight excluding hydrogens is 266 g/mol. The summed E-state index contributed by atoms with van der Waals surface area (Å²) < 4.78 is 5.54. The van der Waals surface area contributed by atoms with E-state index in [1.54, 1.807) is 19.1 Å². The van der Waals surface area contributed by atoms with Gasteiger partial charge < -0.3 is 15.2 Å². The molecule has 0 fully saturated rings. The number of aryl methyl sites for hydroxylation is 2. The van der Waals surface area contributed by atoms with Gasteiger partial charge >= 0.3 is 0 Å². The Morgan fingerprint density at radius 3 is 2.81 bits per heavy atom. The first kappa shape index (κ1) is 13.5. The molecule has 4 nitrogen and oxygen atoms in total. The van der Waals surface area contributed by atoms with Crippen molar-refractivity contribution in [1.82, 2.24) is 0 Å². The number of carbonyl (C=O) groups is 1. The van der Waals surface area contributed by atoms with Crippen LogP contribution in [0.15, 0.2) is 36.4 Å². The second kappa shape index (κ2) is 5.13. The summed E-state index contributed by atoms with van der Waals surface area (Å²) in [4.78, 5) is 12.5. The number of hydrogen-bond acceptors (Lipinski definition) is 3. The summed E-state index contributed by atoms with van der Waals surface area (Å²) in [5, 5.41) is 12.6. The molecule has 108 valence electrons. The summed E-state index contributed by atoms with van der Waals surface area (Å²) in [6.07, 6.45) is 0. The van der Waals surface area contributed by atoms with Crippen molar-refractivity contribution < 1.29 is 14.6 Å². The first-order valence-corrected chi connectivity index (χ1v) is 6.89. The van der Waals surface area contributed by atoms with Crippen molar-refractivity contribution in [3.05, 3.63) is 53.1 Å². The van der Waals surface area contributed by atoms with Crippen LogP contribution < -0.4 is 10.1 Å². The maximum atomic E-state index is 12.5. The molecule has 2 aromatic carbocycles. The Hall–Kier alpha value is -2.49. The molecule has 0 spiro atoms. The van der Waals surface area contributed by atoms with Gasteiger partial charge in [0.1, 0.15) is 24.0 Å². The van der Waals surface area contributed by atoms with Gasteiger partial charge in [0.2, 0.25) is 5.91 Å². The molecule has 4 heteroatoms. The normalized spacial score (nSPS) is 16.2. The Balaban J connectivity index is 1.84. The molecule has 1 atom stereocenters. The van der Waals surface area contributed by atoms with E-state index in [9.17, 15) is 9.90 Å². The van der Waals surface area contributed by atoms with E-state index in [0.717, 1.165) is 28.1 Å². The van der Waals surface area contributed by atoms with Crippen LogP contribution in [0.25, 0.3) is 0 Å². The number of aromatic hydroxyl groups is 1. The summed E-state index contributed by atoms with van der Waals surface area (Å²) in [6, 6.07) is 11.0. The monoisotopic (exact) mass is 283 g/mol. The fourth-order valence-electron chi connectivity index (χ4n) is 2.54. The Morgan fingerprint density at radius 2 is 2.00 bits per heavy atom. The number of anilines is 1. The minimum Gasteiger partial charge on any atom is -0.508 e. The Morgan fingerprint density at radius 1 is 1.24 bits per heavy atom. The molecule has 0 aromatic heterocycles. The van der Waals surface area contributed by atoms with Crippen LogP contribution in [0.4, 0.5) is 5.69 Å². The lowest BCUT2D eigenvalue weighted by Gasteiger charge is -2.13. The Bertz CT molecular complexity index is 709. The van der Waals surface area contributed by atoms with E-state index >= 15 is 0 Å². The van der Waals surface area contributed by atoms with Crippen LogP contribution >= 0.6 is 0 Å². The average Bonchev–Trinajstić information content (AvgIpc) is 2.88. The third-order valence-electron chi connectivity index (χ3n) is 3.82. The second-order valence-electron chi connectivity index (χ2n) is 5.34. The number of rotatable bonds is 2. The van der Waals surface area contributed by atoms with E-state index in [1.165, 1.54) is 0 Å². The molecular formula is C17H17NO3. The van der Waals surface area contributed by atoms with Gasteiger partial charge in [-0.05, 0) is 43.2 Å². The minimum atomic E-state index is -0.297. The van der Waals surface area contributed by atoms with Crippen molar-refractivity contribution in [3.63, 3.8) is 0 Å². The molecule has 0 bridgehead atoms. The van der Waals surface area contributed by atoms with E-state index in [1.807, 2.05) is 31.2 Å². The summed E-state index contributed by atoms with van der Waals surface area (Å²) in [7, 11) is 0. The molecule has 1 amide bonds. The fourth-order valence-corrected chi connectivity index (χ4v) is 2.54. The average molecular weight is 283 g/mol. The van der Waals surface area contributed by atoms with Crippen molar-refractivity contribution in [2.24, 2.45) is 0 Å². The molecule has 21 heavy (non-hydrogen) atoms. The van der Waals surface area contributed by atoms with E-state index in [2.05, 4.69) is 5.32 Å². The molecule has 1 heterocycles.